The van der Waals surface area contributed by atoms with Crippen LogP contribution in [0.5, 0.6) is 0 Å². The van der Waals surface area contributed by atoms with E-state index in [4.69, 9.17) is 32.9 Å². The van der Waals surface area contributed by atoms with Gasteiger partial charge in [-0.1, -0.05) is 56.5 Å². The molecule has 0 fully saturated rings. The van der Waals surface area contributed by atoms with Gasteiger partial charge in [-0.25, -0.2) is 0 Å². The molecule has 0 aromatic heterocycles. The number of ether oxygens (including phenoxy) is 1. The van der Waals surface area contributed by atoms with E-state index in [1.807, 2.05) is 13.8 Å². The number of allylic oxidation sites excluding steroid dienone is 2. The Morgan fingerprint density at radius 2 is 2.00 bits per heavy atom. The Bertz CT molecular complexity index is 901. The minimum Gasteiger partial charge on any atom is -0.465 e. The minimum absolute atomic E-state index is 0.0230. The standard InChI is InChI=1S/C23H27Cl2NO3/c1-5-6-9-29-22(28)19-13(2)26-17-11-23(3,4)12-18(27)21(17)20(19)15-8-7-14(24)10-16(15)25/h7-8,10,19-20H,5-6,9,11-12H2,1-4H3/t19?,20-/m0/s1. The summed E-state index contributed by atoms with van der Waals surface area (Å²) < 4.78 is 5.54. The Labute approximate surface area is 182 Å². The first kappa shape index (κ1) is 22.0. The average molecular weight is 436 g/mol. The first-order chi connectivity index (χ1) is 13.6. The van der Waals surface area contributed by atoms with E-state index < -0.39 is 11.8 Å². The maximum Gasteiger partial charge on any atom is 0.315 e. The summed E-state index contributed by atoms with van der Waals surface area (Å²) in [6.07, 6.45) is 2.83. The second-order valence-electron chi connectivity index (χ2n) is 8.70. The van der Waals surface area contributed by atoms with Crippen LogP contribution in [0.2, 0.25) is 10.0 Å². The van der Waals surface area contributed by atoms with E-state index in [1.54, 1.807) is 18.2 Å². The van der Waals surface area contributed by atoms with E-state index in [9.17, 15) is 9.59 Å². The highest BCUT2D eigenvalue weighted by Gasteiger charge is 2.46. The summed E-state index contributed by atoms with van der Waals surface area (Å²) in [5.41, 5.74) is 2.56. The highest BCUT2D eigenvalue weighted by molar-refractivity contribution is 6.35. The Balaban J connectivity index is 2.12. The van der Waals surface area contributed by atoms with Crippen LogP contribution in [-0.4, -0.2) is 24.1 Å². The number of unbranched alkanes of at least 4 members (excludes halogenated alkanes) is 1. The molecule has 6 heteroatoms. The Kier molecular flexibility index (Phi) is 6.54. The van der Waals surface area contributed by atoms with E-state index in [0.717, 1.165) is 18.5 Å². The lowest BCUT2D eigenvalue weighted by atomic mass is 9.67. The molecule has 0 amide bonds. The van der Waals surface area contributed by atoms with Crippen LogP contribution < -0.4 is 0 Å². The van der Waals surface area contributed by atoms with Crippen molar-refractivity contribution < 1.29 is 14.3 Å². The summed E-state index contributed by atoms with van der Waals surface area (Å²) in [6.45, 7) is 8.35. The SMILES string of the molecule is CCCCOC(=O)C1C(C)=NC2=C(C(=O)CC(C)(C)C2)[C@H]1c1ccc(Cl)cc1Cl. The number of benzene rings is 1. The molecule has 1 aliphatic heterocycles. The predicted octanol–water partition coefficient (Wildman–Crippen LogP) is 6.15. The van der Waals surface area contributed by atoms with Crippen LogP contribution >= 0.6 is 23.2 Å². The van der Waals surface area contributed by atoms with Gasteiger partial charge in [-0.2, -0.15) is 0 Å². The number of hydrogen-bond acceptors (Lipinski definition) is 4. The largest absolute Gasteiger partial charge is 0.465 e. The first-order valence-corrected chi connectivity index (χ1v) is 10.8. The summed E-state index contributed by atoms with van der Waals surface area (Å²) >= 11 is 12.6. The second-order valence-corrected chi connectivity index (χ2v) is 9.54. The van der Waals surface area contributed by atoms with Crippen molar-refractivity contribution in [2.24, 2.45) is 16.3 Å². The number of esters is 1. The number of halogens is 2. The molecule has 3 rings (SSSR count). The number of carbonyl (C=O) groups is 2. The van der Waals surface area contributed by atoms with Crippen molar-refractivity contribution in [1.82, 2.24) is 0 Å². The van der Waals surface area contributed by atoms with Crippen molar-refractivity contribution in [3.05, 3.63) is 45.1 Å². The Morgan fingerprint density at radius 1 is 1.28 bits per heavy atom. The molecular formula is C23H27Cl2NO3. The minimum atomic E-state index is -0.672. The number of ketones is 1. The molecule has 156 valence electrons. The topological polar surface area (TPSA) is 55.7 Å². The van der Waals surface area contributed by atoms with Crippen molar-refractivity contribution in [1.29, 1.82) is 0 Å². The molecule has 0 spiro atoms. The van der Waals surface area contributed by atoms with Crippen LogP contribution in [-0.2, 0) is 14.3 Å². The molecule has 0 saturated heterocycles. The van der Waals surface area contributed by atoms with Crippen molar-refractivity contribution in [3.8, 4) is 0 Å². The number of carbonyl (C=O) groups excluding carboxylic acids is 2. The molecule has 4 nitrogen and oxygen atoms in total. The highest BCUT2D eigenvalue weighted by Crippen LogP contribution is 2.49. The molecular weight excluding hydrogens is 409 g/mol. The zero-order chi connectivity index (χ0) is 21.3. The zero-order valence-corrected chi connectivity index (χ0v) is 18.9. The number of aliphatic imine (C=N–C) groups is 1. The Morgan fingerprint density at radius 3 is 2.66 bits per heavy atom. The quantitative estimate of drug-likeness (QED) is 0.411. The van der Waals surface area contributed by atoms with Gasteiger partial charge >= 0.3 is 5.97 Å². The molecule has 0 saturated carbocycles. The zero-order valence-electron chi connectivity index (χ0n) is 17.4. The molecule has 0 N–H and O–H groups in total. The smallest absolute Gasteiger partial charge is 0.315 e. The van der Waals surface area contributed by atoms with Gasteiger partial charge in [0.2, 0.25) is 0 Å². The van der Waals surface area contributed by atoms with Gasteiger partial charge in [-0.3, -0.25) is 14.6 Å². The van der Waals surface area contributed by atoms with Crippen LogP contribution in [0.4, 0.5) is 0 Å². The summed E-state index contributed by atoms with van der Waals surface area (Å²) in [5, 5.41) is 0.945. The number of hydrogen-bond donors (Lipinski definition) is 0. The molecule has 1 aromatic carbocycles. The third kappa shape index (κ3) is 4.59. The molecule has 1 aromatic rings. The monoisotopic (exact) mass is 435 g/mol. The molecule has 2 atom stereocenters. The predicted molar refractivity (Wildman–Crippen MR) is 117 cm³/mol. The fourth-order valence-corrected chi connectivity index (χ4v) is 4.77. The van der Waals surface area contributed by atoms with E-state index in [1.165, 1.54) is 0 Å². The van der Waals surface area contributed by atoms with Crippen LogP contribution in [0, 0.1) is 11.3 Å². The lowest BCUT2D eigenvalue weighted by molar-refractivity contribution is -0.146. The van der Waals surface area contributed by atoms with Crippen LogP contribution in [0.25, 0.3) is 0 Å². The van der Waals surface area contributed by atoms with Crippen molar-refractivity contribution in [3.63, 3.8) is 0 Å². The van der Waals surface area contributed by atoms with Gasteiger partial charge in [0.25, 0.3) is 0 Å². The fraction of sp³-hybridized carbons (Fsp3) is 0.522. The lowest BCUT2D eigenvalue weighted by Gasteiger charge is -2.39. The third-order valence-electron chi connectivity index (χ3n) is 5.60. The van der Waals surface area contributed by atoms with Crippen LogP contribution in [0.3, 0.4) is 0 Å². The van der Waals surface area contributed by atoms with E-state index in [-0.39, 0.29) is 17.2 Å². The lowest BCUT2D eigenvalue weighted by Crippen LogP contribution is -2.39. The fourth-order valence-electron chi connectivity index (χ4n) is 4.25. The highest BCUT2D eigenvalue weighted by atomic mass is 35.5. The van der Waals surface area contributed by atoms with Gasteiger partial charge < -0.3 is 4.74 Å². The molecule has 1 heterocycles. The van der Waals surface area contributed by atoms with E-state index in [0.29, 0.717) is 46.3 Å². The average Bonchev–Trinajstić information content (AvgIpc) is 2.59. The van der Waals surface area contributed by atoms with Crippen LogP contribution in [0.15, 0.2) is 34.5 Å². The third-order valence-corrected chi connectivity index (χ3v) is 6.16. The van der Waals surface area contributed by atoms with Crippen molar-refractivity contribution in [2.45, 2.75) is 59.3 Å². The summed E-state index contributed by atoms with van der Waals surface area (Å²) in [7, 11) is 0. The van der Waals surface area contributed by atoms with Gasteiger partial charge in [-0.05, 0) is 42.9 Å². The number of nitrogens with zero attached hydrogens (tertiary/aromatic N) is 1. The summed E-state index contributed by atoms with van der Waals surface area (Å²) in [5.74, 6) is -1.52. The normalized spacial score (nSPS) is 23.5. The molecule has 0 radical (unpaired) electrons. The van der Waals surface area contributed by atoms with Gasteiger partial charge in [0.1, 0.15) is 5.92 Å². The van der Waals surface area contributed by atoms with E-state index in [2.05, 4.69) is 13.8 Å². The van der Waals surface area contributed by atoms with Crippen molar-refractivity contribution >= 4 is 40.7 Å². The number of rotatable bonds is 5. The maximum atomic E-state index is 13.2. The molecule has 1 unspecified atom stereocenters. The molecule has 29 heavy (non-hydrogen) atoms. The maximum absolute atomic E-state index is 13.2. The number of Topliss-reactive ketones (excluding diaryl/α,β-unsaturated/α-hetero) is 1. The summed E-state index contributed by atoms with van der Waals surface area (Å²) in [4.78, 5) is 31.0. The van der Waals surface area contributed by atoms with Gasteiger partial charge in [0.15, 0.2) is 5.78 Å². The van der Waals surface area contributed by atoms with Gasteiger partial charge in [0.05, 0.1) is 6.61 Å². The first-order valence-electron chi connectivity index (χ1n) is 10.1. The van der Waals surface area contributed by atoms with Gasteiger partial charge in [-0.15, -0.1) is 0 Å². The van der Waals surface area contributed by atoms with Gasteiger partial charge in [0, 0.05) is 39.4 Å². The molecule has 2 aliphatic rings. The van der Waals surface area contributed by atoms with Crippen molar-refractivity contribution in [2.75, 3.05) is 6.61 Å². The second kappa shape index (κ2) is 8.61. The molecule has 1 aliphatic carbocycles. The Hall–Kier alpha value is -1.65. The van der Waals surface area contributed by atoms with Crippen LogP contribution in [0.1, 0.15) is 64.9 Å². The summed E-state index contributed by atoms with van der Waals surface area (Å²) in [6, 6.07) is 5.19. The molecule has 0 bridgehead atoms. The van der Waals surface area contributed by atoms with E-state index >= 15 is 0 Å².